The van der Waals surface area contributed by atoms with E-state index in [2.05, 4.69) is 5.32 Å². The molecule has 7 nitrogen and oxygen atoms in total. The molecule has 0 aliphatic heterocycles. The molecule has 0 radical (unpaired) electrons. The van der Waals surface area contributed by atoms with Crippen molar-refractivity contribution in [2.75, 3.05) is 13.3 Å². The number of ether oxygens (including phenoxy) is 2. The molecule has 100 valence electrons. The summed E-state index contributed by atoms with van der Waals surface area (Å²) in [5, 5.41) is 11.1. The molecule has 0 saturated heterocycles. The first kappa shape index (κ1) is 15.7. The SMILES string of the molecule is CC(C)(C)OC(=O)N[C@@H](COCN)CC(=O)O. The van der Waals surface area contributed by atoms with Gasteiger partial charge in [-0.15, -0.1) is 0 Å². The summed E-state index contributed by atoms with van der Waals surface area (Å²) in [6.07, 6.45) is -0.927. The molecule has 0 fully saturated rings. The van der Waals surface area contributed by atoms with Crippen molar-refractivity contribution in [3.05, 3.63) is 0 Å². The average Bonchev–Trinajstić information content (AvgIpc) is 2.09. The zero-order valence-corrected chi connectivity index (χ0v) is 10.4. The minimum atomic E-state index is -1.04. The molecule has 0 aromatic rings. The number of rotatable bonds is 6. The van der Waals surface area contributed by atoms with Crippen molar-refractivity contribution in [3.63, 3.8) is 0 Å². The third-order valence-corrected chi connectivity index (χ3v) is 1.58. The van der Waals surface area contributed by atoms with E-state index in [0.717, 1.165) is 0 Å². The van der Waals surface area contributed by atoms with Gasteiger partial charge in [0.25, 0.3) is 0 Å². The van der Waals surface area contributed by atoms with Crippen LogP contribution in [0, 0.1) is 0 Å². The Kier molecular flexibility index (Phi) is 6.52. The van der Waals surface area contributed by atoms with Gasteiger partial charge in [-0.1, -0.05) is 0 Å². The van der Waals surface area contributed by atoms with Crippen LogP contribution in [0.1, 0.15) is 27.2 Å². The van der Waals surface area contributed by atoms with Gasteiger partial charge in [0.1, 0.15) is 5.60 Å². The van der Waals surface area contributed by atoms with Crippen LogP contribution in [0.3, 0.4) is 0 Å². The fourth-order valence-electron chi connectivity index (χ4n) is 1.05. The van der Waals surface area contributed by atoms with Gasteiger partial charge in [0.2, 0.25) is 0 Å². The molecule has 1 atom stereocenters. The standard InChI is InChI=1S/C10H20N2O5/c1-10(2,3)17-9(15)12-7(4-8(13)14)5-16-6-11/h7H,4-6,11H2,1-3H3,(H,12,15)(H,13,14)/t7-/m1/s1. The van der Waals surface area contributed by atoms with E-state index in [9.17, 15) is 9.59 Å². The van der Waals surface area contributed by atoms with Gasteiger partial charge >= 0.3 is 12.1 Å². The molecule has 4 N–H and O–H groups in total. The van der Waals surface area contributed by atoms with Gasteiger partial charge in [0.15, 0.2) is 0 Å². The van der Waals surface area contributed by atoms with Crippen LogP contribution in [0.4, 0.5) is 4.79 Å². The van der Waals surface area contributed by atoms with Crippen LogP contribution in [-0.2, 0) is 14.3 Å². The second-order valence-corrected chi connectivity index (χ2v) is 4.48. The molecular weight excluding hydrogens is 228 g/mol. The average molecular weight is 248 g/mol. The Balaban J connectivity index is 4.21. The number of amides is 1. The van der Waals surface area contributed by atoms with Crippen molar-refractivity contribution in [1.82, 2.24) is 5.32 Å². The lowest BCUT2D eigenvalue weighted by Crippen LogP contribution is -2.42. The zero-order chi connectivity index (χ0) is 13.5. The second kappa shape index (κ2) is 7.08. The number of nitrogens with two attached hydrogens (primary N) is 1. The predicted molar refractivity (Wildman–Crippen MR) is 60.4 cm³/mol. The Bertz CT molecular complexity index is 262. The van der Waals surface area contributed by atoms with Crippen molar-refractivity contribution in [1.29, 1.82) is 0 Å². The summed E-state index contributed by atoms with van der Waals surface area (Å²) in [4.78, 5) is 22.0. The summed E-state index contributed by atoms with van der Waals surface area (Å²) >= 11 is 0. The molecule has 0 bridgehead atoms. The van der Waals surface area contributed by atoms with Gasteiger partial charge in [0.05, 0.1) is 25.8 Å². The summed E-state index contributed by atoms with van der Waals surface area (Å²) < 4.78 is 9.87. The fourth-order valence-corrected chi connectivity index (χ4v) is 1.05. The summed E-state index contributed by atoms with van der Waals surface area (Å²) in [5.41, 5.74) is 4.49. The van der Waals surface area contributed by atoms with Crippen LogP contribution in [-0.4, -0.2) is 42.1 Å². The van der Waals surface area contributed by atoms with Gasteiger partial charge in [-0.2, -0.15) is 0 Å². The summed E-state index contributed by atoms with van der Waals surface area (Å²) in [6, 6.07) is -0.661. The smallest absolute Gasteiger partial charge is 0.407 e. The van der Waals surface area contributed by atoms with E-state index in [0.29, 0.717) is 0 Å². The van der Waals surface area contributed by atoms with Gasteiger partial charge in [-0.25, -0.2) is 4.79 Å². The Hall–Kier alpha value is -1.34. The van der Waals surface area contributed by atoms with Gasteiger partial charge in [-0.05, 0) is 20.8 Å². The molecule has 0 aliphatic carbocycles. The van der Waals surface area contributed by atoms with Gasteiger partial charge in [0, 0.05) is 0 Å². The van der Waals surface area contributed by atoms with E-state index in [4.69, 9.17) is 20.3 Å². The molecule has 0 aromatic heterocycles. The van der Waals surface area contributed by atoms with Crippen LogP contribution in [0.5, 0.6) is 0 Å². The van der Waals surface area contributed by atoms with E-state index in [1.165, 1.54) is 0 Å². The number of carbonyl (C=O) groups excluding carboxylic acids is 1. The second-order valence-electron chi connectivity index (χ2n) is 4.48. The van der Waals surface area contributed by atoms with Crippen molar-refractivity contribution < 1.29 is 24.2 Å². The maximum absolute atomic E-state index is 11.4. The first-order valence-corrected chi connectivity index (χ1v) is 5.23. The lowest BCUT2D eigenvalue weighted by Gasteiger charge is -2.22. The Labute approximate surface area is 100 Å². The predicted octanol–water partition coefficient (Wildman–Crippen LogP) is 0.287. The fraction of sp³-hybridized carbons (Fsp3) is 0.800. The molecule has 0 heterocycles. The van der Waals surface area contributed by atoms with Crippen molar-refractivity contribution in [2.24, 2.45) is 5.73 Å². The van der Waals surface area contributed by atoms with Crippen LogP contribution < -0.4 is 11.1 Å². The normalized spacial score (nSPS) is 12.9. The quantitative estimate of drug-likeness (QED) is 0.582. The van der Waals surface area contributed by atoms with E-state index in [-0.39, 0.29) is 19.8 Å². The number of hydrogen-bond acceptors (Lipinski definition) is 5. The third-order valence-electron chi connectivity index (χ3n) is 1.58. The van der Waals surface area contributed by atoms with Crippen LogP contribution in [0.15, 0.2) is 0 Å². The number of alkyl carbamates (subject to hydrolysis) is 1. The monoisotopic (exact) mass is 248 g/mol. The number of nitrogens with one attached hydrogen (secondary N) is 1. The topological polar surface area (TPSA) is 111 Å². The van der Waals surface area contributed by atoms with Gasteiger partial charge < -0.3 is 25.6 Å². The zero-order valence-electron chi connectivity index (χ0n) is 10.4. The van der Waals surface area contributed by atoms with Gasteiger partial charge in [-0.3, -0.25) is 4.79 Å². The Morgan fingerprint density at radius 3 is 2.41 bits per heavy atom. The minimum absolute atomic E-state index is 0.0298. The van der Waals surface area contributed by atoms with Crippen LogP contribution in [0.25, 0.3) is 0 Å². The van der Waals surface area contributed by atoms with Crippen molar-refractivity contribution in [2.45, 2.75) is 38.8 Å². The molecule has 0 unspecified atom stereocenters. The van der Waals surface area contributed by atoms with E-state index >= 15 is 0 Å². The lowest BCUT2D eigenvalue weighted by molar-refractivity contribution is -0.137. The lowest BCUT2D eigenvalue weighted by atomic mass is 10.2. The highest BCUT2D eigenvalue weighted by Gasteiger charge is 2.21. The van der Waals surface area contributed by atoms with E-state index in [1.54, 1.807) is 20.8 Å². The maximum Gasteiger partial charge on any atom is 0.407 e. The van der Waals surface area contributed by atoms with E-state index < -0.39 is 23.7 Å². The molecule has 0 saturated carbocycles. The largest absolute Gasteiger partial charge is 0.481 e. The number of hydrogen-bond donors (Lipinski definition) is 3. The summed E-state index contributed by atoms with van der Waals surface area (Å²) in [6.45, 7) is 5.15. The first-order valence-electron chi connectivity index (χ1n) is 5.23. The Morgan fingerprint density at radius 1 is 1.41 bits per heavy atom. The molecule has 7 heteroatoms. The molecule has 0 aliphatic rings. The van der Waals surface area contributed by atoms with Crippen LogP contribution >= 0.6 is 0 Å². The number of carboxylic acids is 1. The molecule has 0 spiro atoms. The summed E-state index contributed by atoms with van der Waals surface area (Å²) in [5.74, 6) is -1.04. The number of aliphatic carboxylic acids is 1. The van der Waals surface area contributed by atoms with Crippen LogP contribution in [0.2, 0.25) is 0 Å². The molecule has 17 heavy (non-hydrogen) atoms. The minimum Gasteiger partial charge on any atom is -0.481 e. The maximum atomic E-state index is 11.4. The van der Waals surface area contributed by atoms with Crippen molar-refractivity contribution in [3.8, 4) is 0 Å². The third kappa shape index (κ3) is 9.58. The summed E-state index contributed by atoms with van der Waals surface area (Å²) in [7, 11) is 0. The molecular formula is C10H20N2O5. The number of carbonyl (C=O) groups is 2. The highest BCUT2D eigenvalue weighted by Crippen LogP contribution is 2.07. The van der Waals surface area contributed by atoms with Crippen molar-refractivity contribution >= 4 is 12.1 Å². The first-order chi connectivity index (χ1) is 7.74. The van der Waals surface area contributed by atoms with E-state index in [1.807, 2.05) is 0 Å². The molecule has 0 rings (SSSR count). The Morgan fingerprint density at radius 2 is 2.00 bits per heavy atom. The molecule has 0 aromatic carbocycles. The highest BCUT2D eigenvalue weighted by molar-refractivity contribution is 5.71. The highest BCUT2D eigenvalue weighted by atomic mass is 16.6. The number of carboxylic acid groups (broad SMARTS) is 1. The molecule has 1 amide bonds.